The van der Waals surface area contributed by atoms with Crippen LogP contribution in [-0.4, -0.2) is 22.5 Å². The lowest BCUT2D eigenvalue weighted by atomic mass is 10.1. The van der Waals surface area contributed by atoms with Crippen LogP contribution in [0, 0.1) is 11.3 Å². The summed E-state index contributed by atoms with van der Waals surface area (Å²) in [5, 5.41) is 11.5. The van der Waals surface area contributed by atoms with Crippen LogP contribution in [0.4, 0.5) is 5.69 Å². The van der Waals surface area contributed by atoms with Crippen molar-refractivity contribution in [2.45, 2.75) is 19.8 Å². The highest BCUT2D eigenvalue weighted by molar-refractivity contribution is 5.92. The van der Waals surface area contributed by atoms with Gasteiger partial charge in [0.2, 0.25) is 0 Å². The number of nitrogens with zero attached hydrogens (tertiary/aromatic N) is 2. The first kappa shape index (κ1) is 19.8. The Morgan fingerprint density at radius 3 is 2.72 bits per heavy atom. The number of aromatic amines is 1. The number of amides is 1. The standard InChI is InChI=1S/C22H20N4O3/c1-2-17-13-20(27)26-22(25-17)16-4-3-5-18(12-16)24-21(28)14-29-19-8-6-15(7-9-19)10-11-23/h3-9,12-13H,2,10,14H2,1H3,(H,24,28)(H,25,26,27). The first-order valence-electron chi connectivity index (χ1n) is 9.16. The van der Waals surface area contributed by atoms with Gasteiger partial charge in [0, 0.05) is 23.0 Å². The van der Waals surface area contributed by atoms with Crippen molar-refractivity contribution in [2.75, 3.05) is 11.9 Å². The molecule has 1 heterocycles. The number of benzene rings is 2. The van der Waals surface area contributed by atoms with Gasteiger partial charge in [0.25, 0.3) is 11.5 Å². The molecule has 0 unspecified atom stereocenters. The van der Waals surface area contributed by atoms with Crippen molar-refractivity contribution in [1.82, 2.24) is 9.97 Å². The number of anilines is 1. The fourth-order valence-electron chi connectivity index (χ4n) is 2.71. The fourth-order valence-corrected chi connectivity index (χ4v) is 2.71. The van der Waals surface area contributed by atoms with E-state index in [1.165, 1.54) is 6.07 Å². The number of H-pyrrole nitrogens is 1. The molecule has 7 nitrogen and oxygen atoms in total. The van der Waals surface area contributed by atoms with Crippen molar-refractivity contribution >= 4 is 11.6 Å². The zero-order chi connectivity index (χ0) is 20.6. The van der Waals surface area contributed by atoms with Crippen LogP contribution in [0.1, 0.15) is 18.2 Å². The number of rotatable bonds is 7. The number of nitriles is 1. The van der Waals surface area contributed by atoms with Crippen molar-refractivity contribution in [3.63, 3.8) is 0 Å². The molecule has 0 spiro atoms. The third kappa shape index (κ3) is 5.53. The summed E-state index contributed by atoms with van der Waals surface area (Å²) in [4.78, 5) is 31.1. The molecule has 0 saturated heterocycles. The van der Waals surface area contributed by atoms with Gasteiger partial charge in [0.1, 0.15) is 11.6 Å². The summed E-state index contributed by atoms with van der Waals surface area (Å²) in [5.41, 5.74) is 2.65. The van der Waals surface area contributed by atoms with Crippen molar-refractivity contribution in [3.05, 3.63) is 76.2 Å². The molecule has 0 bridgehead atoms. The molecule has 2 aromatic carbocycles. The van der Waals surface area contributed by atoms with Crippen molar-refractivity contribution in [3.8, 4) is 23.2 Å². The molecule has 29 heavy (non-hydrogen) atoms. The van der Waals surface area contributed by atoms with E-state index in [0.717, 1.165) is 5.56 Å². The molecule has 146 valence electrons. The highest BCUT2D eigenvalue weighted by atomic mass is 16.5. The molecule has 0 aliphatic heterocycles. The predicted molar refractivity (Wildman–Crippen MR) is 110 cm³/mol. The van der Waals surface area contributed by atoms with Crippen LogP contribution in [-0.2, 0) is 17.6 Å². The molecular formula is C22H20N4O3. The summed E-state index contributed by atoms with van der Waals surface area (Å²) in [7, 11) is 0. The molecule has 0 radical (unpaired) electrons. The number of ether oxygens (including phenoxy) is 1. The maximum Gasteiger partial charge on any atom is 0.262 e. The first-order chi connectivity index (χ1) is 14.1. The fraction of sp³-hybridized carbons (Fsp3) is 0.182. The Kier molecular flexibility index (Phi) is 6.38. The smallest absolute Gasteiger partial charge is 0.262 e. The number of hydrogen-bond acceptors (Lipinski definition) is 5. The topological polar surface area (TPSA) is 108 Å². The number of carbonyl (C=O) groups is 1. The van der Waals surface area contributed by atoms with E-state index in [0.29, 0.717) is 41.4 Å². The highest BCUT2D eigenvalue weighted by Crippen LogP contribution is 2.19. The molecule has 0 atom stereocenters. The maximum absolute atomic E-state index is 12.2. The Morgan fingerprint density at radius 2 is 2.00 bits per heavy atom. The Bertz CT molecular complexity index is 1100. The van der Waals surface area contributed by atoms with E-state index in [9.17, 15) is 9.59 Å². The van der Waals surface area contributed by atoms with E-state index in [4.69, 9.17) is 10.00 Å². The summed E-state index contributed by atoms with van der Waals surface area (Å²) < 4.78 is 5.48. The number of carbonyl (C=O) groups excluding carboxylic acids is 1. The van der Waals surface area contributed by atoms with E-state index >= 15 is 0 Å². The van der Waals surface area contributed by atoms with E-state index < -0.39 is 0 Å². The lowest BCUT2D eigenvalue weighted by molar-refractivity contribution is -0.118. The molecule has 1 aromatic heterocycles. The lowest BCUT2D eigenvalue weighted by Gasteiger charge is -2.09. The molecule has 7 heteroatoms. The zero-order valence-electron chi connectivity index (χ0n) is 15.9. The second-order valence-electron chi connectivity index (χ2n) is 6.34. The van der Waals surface area contributed by atoms with Gasteiger partial charge in [0.15, 0.2) is 6.61 Å². The van der Waals surface area contributed by atoms with Crippen molar-refractivity contribution in [1.29, 1.82) is 5.26 Å². The highest BCUT2D eigenvalue weighted by Gasteiger charge is 2.08. The summed E-state index contributed by atoms with van der Waals surface area (Å²) in [6.45, 7) is 1.78. The van der Waals surface area contributed by atoms with Gasteiger partial charge in [-0.1, -0.05) is 31.2 Å². The normalized spacial score (nSPS) is 10.2. The average molecular weight is 388 g/mol. The number of nitrogens with one attached hydrogen (secondary N) is 2. The van der Waals surface area contributed by atoms with Crippen LogP contribution in [0.15, 0.2) is 59.4 Å². The van der Waals surface area contributed by atoms with Crippen molar-refractivity contribution in [2.24, 2.45) is 0 Å². The summed E-state index contributed by atoms with van der Waals surface area (Å²) in [6, 6.07) is 17.7. The Morgan fingerprint density at radius 1 is 1.21 bits per heavy atom. The molecule has 0 aliphatic carbocycles. The molecule has 2 N–H and O–H groups in total. The molecule has 3 rings (SSSR count). The van der Waals surface area contributed by atoms with Crippen molar-refractivity contribution < 1.29 is 9.53 Å². The van der Waals surface area contributed by atoms with E-state index in [-0.39, 0.29) is 18.1 Å². The molecular weight excluding hydrogens is 368 g/mol. The number of aromatic nitrogens is 2. The van der Waals surface area contributed by atoms with Crippen LogP contribution in [0.25, 0.3) is 11.4 Å². The number of hydrogen-bond donors (Lipinski definition) is 2. The van der Waals surface area contributed by atoms with Crippen LogP contribution >= 0.6 is 0 Å². The minimum absolute atomic E-state index is 0.151. The Balaban J connectivity index is 1.64. The monoisotopic (exact) mass is 388 g/mol. The number of aryl methyl sites for hydroxylation is 1. The second-order valence-corrected chi connectivity index (χ2v) is 6.34. The molecule has 1 amide bonds. The lowest BCUT2D eigenvalue weighted by Crippen LogP contribution is -2.20. The Labute approximate surface area is 168 Å². The van der Waals surface area contributed by atoms with Crippen LogP contribution in [0.2, 0.25) is 0 Å². The second kappa shape index (κ2) is 9.33. The van der Waals surface area contributed by atoms with Gasteiger partial charge in [-0.2, -0.15) is 5.26 Å². The van der Waals surface area contributed by atoms with Gasteiger partial charge in [-0.05, 0) is 36.2 Å². The van der Waals surface area contributed by atoms with Gasteiger partial charge in [-0.15, -0.1) is 0 Å². The minimum atomic E-state index is -0.313. The summed E-state index contributed by atoms with van der Waals surface area (Å²) >= 11 is 0. The molecule has 0 saturated carbocycles. The minimum Gasteiger partial charge on any atom is -0.484 e. The predicted octanol–water partition coefficient (Wildman–Crippen LogP) is 3.08. The SMILES string of the molecule is CCc1cc(=O)[nH]c(-c2cccc(NC(=O)COc3ccc(CC#N)cc3)c2)n1. The Hall–Kier alpha value is -3.92. The van der Waals surface area contributed by atoms with E-state index in [1.54, 1.807) is 42.5 Å². The molecule has 0 fully saturated rings. The van der Waals surface area contributed by atoms with E-state index in [2.05, 4.69) is 21.4 Å². The molecule has 3 aromatic rings. The van der Waals surface area contributed by atoms with Gasteiger partial charge >= 0.3 is 0 Å². The van der Waals surface area contributed by atoms with Crippen LogP contribution in [0.5, 0.6) is 5.75 Å². The van der Waals surface area contributed by atoms with E-state index in [1.807, 2.05) is 13.0 Å². The third-order valence-corrected chi connectivity index (χ3v) is 4.15. The van der Waals surface area contributed by atoms with Gasteiger partial charge in [-0.3, -0.25) is 9.59 Å². The van der Waals surface area contributed by atoms with Crippen LogP contribution < -0.4 is 15.6 Å². The summed E-state index contributed by atoms with van der Waals surface area (Å²) in [6.07, 6.45) is 0.987. The first-order valence-corrected chi connectivity index (χ1v) is 9.16. The van der Waals surface area contributed by atoms with Gasteiger partial charge < -0.3 is 15.0 Å². The zero-order valence-corrected chi connectivity index (χ0v) is 15.9. The average Bonchev–Trinajstić information content (AvgIpc) is 2.73. The quantitative estimate of drug-likeness (QED) is 0.647. The molecule has 0 aliphatic rings. The van der Waals surface area contributed by atoms with Crippen LogP contribution in [0.3, 0.4) is 0 Å². The van der Waals surface area contributed by atoms with Gasteiger partial charge in [-0.25, -0.2) is 4.98 Å². The largest absolute Gasteiger partial charge is 0.484 e. The van der Waals surface area contributed by atoms with Gasteiger partial charge in [0.05, 0.1) is 12.5 Å². The third-order valence-electron chi connectivity index (χ3n) is 4.15. The summed E-state index contributed by atoms with van der Waals surface area (Å²) in [5.74, 6) is 0.694. The maximum atomic E-state index is 12.2.